The quantitative estimate of drug-likeness (QED) is 0.834. The molecule has 1 fully saturated rings. The minimum Gasteiger partial charge on any atom is -0.490 e. The molecule has 2 N–H and O–H groups in total. The summed E-state index contributed by atoms with van der Waals surface area (Å²) in [5, 5.41) is 0. The van der Waals surface area contributed by atoms with Crippen LogP contribution in [-0.4, -0.2) is 13.2 Å². The zero-order valence-corrected chi connectivity index (χ0v) is 8.85. The molecule has 0 bridgehead atoms. The fraction of sp³-hybridized carbons (Fsp3) is 0.500. The number of halogens is 2. The van der Waals surface area contributed by atoms with Crippen LogP contribution in [0.1, 0.15) is 24.0 Å². The molecule has 0 aromatic heterocycles. The molecule has 1 saturated carbocycles. The third kappa shape index (κ3) is 1.19. The lowest BCUT2D eigenvalue weighted by molar-refractivity contribution is 0.338. The summed E-state index contributed by atoms with van der Waals surface area (Å²) in [4.78, 5) is 0. The third-order valence-electron chi connectivity index (χ3n) is 3.66. The smallest absolute Gasteiger partial charge is 0.168 e. The van der Waals surface area contributed by atoms with Crippen LogP contribution in [0.15, 0.2) is 6.07 Å². The standard InChI is InChI=1S/C12H13F2NO/c13-8-5-9(14)11-7(1-4-16-11)10(8)12(6-15)2-3-12/h5H,1-4,6,15H2. The van der Waals surface area contributed by atoms with Crippen LogP contribution in [0.2, 0.25) is 0 Å². The fourth-order valence-corrected chi connectivity index (χ4v) is 2.58. The van der Waals surface area contributed by atoms with E-state index < -0.39 is 11.6 Å². The van der Waals surface area contributed by atoms with Gasteiger partial charge in [-0.15, -0.1) is 0 Å². The Hall–Kier alpha value is -1.16. The normalized spacial score (nSPS) is 20.4. The van der Waals surface area contributed by atoms with Crippen molar-refractivity contribution in [2.45, 2.75) is 24.7 Å². The zero-order chi connectivity index (χ0) is 11.3. The molecular weight excluding hydrogens is 212 g/mol. The van der Waals surface area contributed by atoms with Crippen LogP contribution in [0, 0.1) is 11.6 Å². The second-order valence-corrected chi connectivity index (χ2v) is 4.61. The van der Waals surface area contributed by atoms with Gasteiger partial charge in [-0.1, -0.05) is 0 Å². The Morgan fingerprint density at radius 1 is 1.31 bits per heavy atom. The van der Waals surface area contributed by atoms with E-state index in [1.165, 1.54) is 0 Å². The predicted molar refractivity (Wildman–Crippen MR) is 55.5 cm³/mol. The number of hydrogen-bond acceptors (Lipinski definition) is 2. The first-order valence-corrected chi connectivity index (χ1v) is 5.52. The molecule has 1 heterocycles. The van der Waals surface area contributed by atoms with Crippen LogP contribution in [-0.2, 0) is 11.8 Å². The van der Waals surface area contributed by atoms with Gasteiger partial charge in [0.2, 0.25) is 0 Å². The lowest BCUT2D eigenvalue weighted by Crippen LogP contribution is -2.22. The van der Waals surface area contributed by atoms with Gasteiger partial charge in [0.05, 0.1) is 6.61 Å². The SMILES string of the molecule is NCC1(c2c(F)cc(F)c3c2CCO3)CC1. The van der Waals surface area contributed by atoms with Crippen LogP contribution < -0.4 is 10.5 Å². The highest BCUT2D eigenvalue weighted by atomic mass is 19.1. The first kappa shape index (κ1) is 10.0. The highest BCUT2D eigenvalue weighted by Gasteiger charge is 2.47. The number of fused-ring (bicyclic) bond motifs is 1. The van der Waals surface area contributed by atoms with Gasteiger partial charge in [0.1, 0.15) is 5.82 Å². The third-order valence-corrected chi connectivity index (χ3v) is 3.66. The van der Waals surface area contributed by atoms with Gasteiger partial charge in [-0.3, -0.25) is 0 Å². The Labute approximate surface area is 92.4 Å². The molecule has 3 rings (SSSR count). The lowest BCUT2D eigenvalue weighted by atomic mass is 9.89. The van der Waals surface area contributed by atoms with Crippen molar-refractivity contribution in [2.24, 2.45) is 5.73 Å². The summed E-state index contributed by atoms with van der Waals surface area (Å²) in [5.74, 6) is -0.831. The maximum atomic E-state index is 13.9. The van der Waals surface area contributed by atoms with Gasteiger partial charge in [0.25, 0.3) is 0 Å². The van der Waals surface area contributed by atoms with Crippen LogP contribution >= 0.6 is 0 Å². The van der Waals surface area contributed by atoms with Gasteiger partial charge in [-0.25, -0.2) is 8.78 Å². The van der Waals surface area contributed by atoms with Gasteiger partial charge >= 0.3 is 0 Å². The molecule has 0 spiro atoms. The Balaban J connectivity index is 2.22. The van der Waals surface area contributed by atoms with E-state index in [0.717, 1.165) is 18.9 Å². The maximum absolute atomic E-state index is 13.9. The fourth-order valence-electron chi connectivity index (χ4n) is 2.58. The summed E-state index contributed by atoms with van der Waals surface area (Å²) in [6.07, 6.45) is 2.36. The zero-order valence-electron chi connectivity index (χ0n) is 8.85. The molecule has 1 aromatic rings. The highest BCUT2D eigenvalue weighted by Crippen LogP contribution is 2.52. The van der Waals surface area contributed by atoms with Crippen molar-refractivity contribution in [1.82, 2.24) is 0 Å². The van der Waals surface area contributed by atoms with Crippen LogP contribution in [0.25, 0.3) is 0 Å². The molecule has 0 amide bonds. The number of ether oxygens (including phenoxy) is 1. The molecule has 4 heteroatoms. The molecule has 0 radical (unpaired) electrons. The van der Waals surface area contributed by atoms with Crippen molar-refractivity contribution in [3.8, 4) is 5.75 Å². The highest BCUT2D eigenvalue weighted by molar-refractivity contribution is 5.50. The van der Waals surface area contributed by atoms with Gasteiger partial charge < -0.3 is 10.5 Å². The average Bonchev–Trinajstić information content (AvgIpc) is 2.87. The number of hydrogen-bond donors (Lipinski definition) is 1. The van der Waals surface area contributed by atoms with E-state index in [1.54, 1.807) is 0 Å². The first-order chi connectivity index (χ1) is 7.68. The van der Waals surface area contributed by atoms with E-state index >= 15 is 0 Å². The molecule has 86 valence electrons. The minimum atomic E-state index is -0.596. The maximum Gasteiger partial charge on any atom is 0.168 e. The molecule has 0 atom stereocenters. The summed E-state index contributed by atoms with van der Waals surface area (Å²) in [5.41, 5.74) is 6.74. The van der Waals surface area contributed by atoms with Crippen LogP contribution in [0.3, 0.4) is 0 Å². The van der Waals surface area contributed by atoms with Gasteiger partial charge in [-0.05, 0) is 12.8 Å². The van der Waals surface area contributed by atoms with Crippen molar-refractivity contribution in [2.75, 3.05) is 13.2 Å². The summed E-state index contributed by atoms with van der Waals surface area (Å²) in [6.45, 7) is 0.853. The number of rotatable bonds is 2. The van der Waals surface area contributed by atoms with Gasteiger partial charge in [0, 0.05) is 35.6 Å². The minimum absolute atomic E-state index is 0.233. The molecule has 16 heavy (non-hydrogen) atoms. The largest absolute Gasteiger partial charge is 0.490 e. The molecule has 1 aromatic carbocycles. The topological polar surface area (TPSA) is 35.2 Å². The Bertz CT molecular complexity index is 455. The number of nitrogens with two attached hydrogens (primary N) is 1. The van der Waals surface area contributed by atoms with E-state index in [-0.39, 0.29) is 11.2 Å². The lowest BCUT2D eigenvalue weighted by Gasteiger charge is -2.17. The summed E-state index contributed by atoms with van der Waals surface area (Å²) < 4.78 is 32.5. The van der Waals surface area contributed by atoms with Crippen molar-refractivity contribution in [3.63, 3.8) is 0 Å². The molecule has 2 aliphatic rings. The summed E-state index contributed by atoms with van der Waals surface area (Å²) in [6, 6.07) is 0.926. The van der Waals surface area contributed by atoms with E-state index in [9.17, 15) is 8.78 Å². The summed E-state index contributed by atoms with van der Waals surface area (Å²) >= 11 is 0. The first-order valence-electron chi connectivity index (χ1n) is 5.52. The second-order valence-electron chi connectivity index (χ2n) is 4.61. The Morgan fingerprint density at radius 3 is 2.69 bits per heavy atom. The molecule has 1 aliphatic carbocycles. The van der Waals surface area contributed by atoms with Crippen LogP contribution in [0.4, 0.5) is 8.78 Å². The van der Waals surface area contributed by atoms with E-state index in [2.05, 4.69) is 0 Å². The van der Waals surface area contributed by atoms with Crippen molar-refractivity contribution < 1.29 is 13.5 Å². The molecule has 2 nitrogen and oxygen atoms in total. The van der Waals surface area contributed by atoms with Crippen molar-refractivity contribution >= 4 is 0 Å². The predicted octanol–water partition coefficient (Wildman–Crippen LogP) is 1.89. The molecule has 1 aliphatic heterocycles. The van der Waals surface area contributed by atoms with Gasteiger partial charge in [-0.2, -0.15) is 0 Å². The van der Waals surface area contributed by atoms with Crippen molar-refractivity contribution in [3.05, 3.63) is 28.8 Å². The van der Waals surface area contributed by atoms with Crippen LogP contribution in [0.5, 0.6) is 5.75 Å². The monoisotopic (exact) mass is 225 g/mol. The van der Waals surface area contributed by atoms with Crippen molar-refractivity contribution in [1.29, 1.82) is 0 Å². The molecule has 0 saturated heterocycles. The summed E-state index contributed by atoms with van der Waals surface area (Å²) in [7, 11) is 0. The Kier molecular flexibility index (Phi) is 1.98. The van der Waals surface area contributed by atoms with Gasteiger partial charge in [0.15, 0.2) is 11.6 Å². The van der Waals surface area contributed by atoms with E-state index in [1.807, 2.05) is 0 Å². The number of benzene rings is 1. The van der Waals surface area contributed by atoms with E-state index in [4.69, 9.17) is 10.5 Å². The molecular formula is C12H13F2NO. The van der Waals surface area contributed by atoms with E-state index in [0.29, 0.717) is 30.7 Å². The molecule has 0 unspecified atom stereocenters. The average molecular weight is 225 g/mol. The second kappa shape index (κ2) is 3.17. The Morgan fingerprint density at radius 2 is 2.06 bits per heavy atom.